The van der Waals surface area contributed by atoms with Gasteiger partial charge in [-0.15, -0.1) is 22.7 Å². The lowest BCUT2D eigenvalue weighted by molar-refractivity contribution is 0.104. The first-order valence-electron chi connectivity index (χ1n) is 4.00. The minimum atomic E-state index is 0.0226. The molecule has 0 radical (unpaired) electrons. The van der Waals surface area contributed by atoms with Gasteiger partial charge in [0.2, 0.25) is 5.78 Å². The van der Waals surface area contributed by atoms with Crippen LogP contribution < -0.4 is 0 Å². The average Bonchev–Trinajstić information content (AvgIpc) is 2.71. The molecule has 2 aromatic heterocycles. The van der Waals surface area contributed by atoms with Crippen LogP contribution in [0.5, 0.6) is 0 Å². The summed E-state index contributed by atoms with van der Waals surface area (Å²) in [6.07, 6.45) is 1.63. The second kappa shape index (κ2) is 4.45. The molecule has 0 fully saturated rings. The highest BCUT2D eigenvalue weighted by Gasteiger charge is 2.17. The number of aromatic nitrogens is 1. The normalized spacial score (nSPS) is 10.6. The molecule has 0 unspecified atom stereocenters. The molecule has 0 saturated carbocycles. The van der Waals surface area contributed by atoms with E-state index < -0.39 is 0 Å². The van der Waals surface area contributed by atoms with Crippen LogP contribution in [0.4, 0.5) is 0 Å². The molecule has 0 aliphatic carbocycles. The van der Waals surface area contributed by atoms with Gasteiger partial charge >= 0.3 is 0 Å². The van der Waals surface area contributed by atoms with Crippen LogP contribution in [0.3, 0.4) is 0 Å². The Hall–Kier alpha value is -0.0400. The monoisotopic (exact) mass is 365 g/mol. The molecular weight excluding hydrogens is 362 g/mol. The fourth-order valence-corrected chi connectivity index (χ4v) is 4.62. The van der Waals surface area contributed by atoms with Crippen molar-refractivity contribution < 1.29 is 4.79 Å². The molecule has 0 aromatic carbocycles. The zero-order valence-corrected chi connectivity index (χ0v) is 12.4. The Morgan fingerprint density at radius 2 is 2.13 bits per heavy atom. The molecule has 0 bridgehead atoms. The van der Waals surface area contributed by atoms with Crippen molar-refractivity contribution in [2.75, 3.05) is 0 Å². The molecular formula is C9H5Br2NOS2. The fourth-order valence-electron chi connectivity index (χ4n) is 1.09. The first kappa shape index (κ1) is 11.4. The van der Waals surface area contributed by atoms with Crippen molar-refractivity contribution in [2.24, 2.45) is 0 Å². The number of carbonyl (C=O) groups is 1. The number of hydrogen-bond donors (Lipinski definition) is 0. The van der Waals surface area contributed by atoms with E-state index in [4.69, 9.17) is 0 Å². The molecule has 78 valence electrons. The van der Waals surface area contributed by atoms with Crippen LogP contribution in [0.25, 0.3) is 0 Å². The Balaban J connectivity index is 2.40. The number of rotatable bonds is 2. The van der Waals surface area contributed by atoms with E-state index in [9.17, 15) is 4.79 Å². The van der Waals surface area contributed by atoms with Gasteiger partial charge < -0.3 is 0 Å². The van der Waals surface area contributed by atoms with E-state index in [2.05, 4.69) is 36.8 Å². The van der Waals surface area contributed by atoms with Crippen LogP contribution in [0.2, 0.25) is 0 Å². The molecule has 0 atom stereocenters. The van der Waals surface area contributed by atoms with E-state index in [-0.39, 0.29) is 5.78 Å². The maximum atomic E-state index is 12.0. The molecule has 0 saturated heterocycles. The molecule has 2 nitrogen and oxygen atoms in total. The molecule has 0 N–H and O–H groups in total. The average molecular weight is 367 g/mol. The summed E-state index contributed by atoms with van der Waals surface area (Å²) in [5, 5.41) is 0.906. The lowest BCUT2D eigenvalue weighted by Crippen LogP contribution is -1.96. The van der Waals surface area contributed by atoms with Crippen LogP contribution in [0.15, 0.2) is 19.8 Å². The number of nitrogens with zero attached hydrogens (tertiary/aromatic N) is 1. The minimum absolute atomic E-state index is 0.0226. The van der Waals surface area contributed by atoms with E-state index in [1.165, 1.54) is 22.7 Å². The highest BCUT2D eigenvalue weighted by atomic mass is 79.9. The number of halogens is 2. The number of ketones is 1. The first-order chi connectivity index (χ1) is 7.08. The van der Waals surface area contributed by atoms with E-state index >= 15 is 0 Å². The number of thiophene rings is 1. The summed E-state index contributed by atoms with van der Waals surface area (Å²) in [7, 11) is 0. The predicted molar refractivity (Wildman–Crippen MR) is 70.0 cm³/mol. The molecule has 0 spiro atoms. The number of carbonyl (C=O) groups excluding carboxylic acids is 1. The van der Waals surface area contributed by atoms with Crippen molar-refractivity contribution in [3.8, 4) is 0 Å². The lowest BCUT2D eigenvalue weighted by Gasteiger charge is -1.92. The van der Waals surface area contributed by atoms with Gasteiger partial charge in [0.15, 0.2) is 0 Å². The van der Waals surface area contributed by atoms with Gasteiger partial charge in [-0.3, -0.25) is 4.79 Å². The maximum Gasteiger partial charge on any atom is 0.206 e. The summed E-state index contributed by atoms with van der Waals surface area (Å²) in [4.78, 5) is 16.8. The number of hydrogen-bond acceptors (Lipinski definition) is 4. The topological polar surface area (TPSA) is 30.0 Å². The maximum absolute atomic E-state index is 12.0. The van der Waals surface area contributed by atoms with Crippen molar-refractivity contribution in [1.29, 1.82) is 0 Å². The molecule has 2 aromatic rings. The van der Waals surface area contributed by atoms with Gasteiger partial charge in [-0.05, 0) is 44.8 Å². The number of thiazole rings is 1. The Morgan fingerprint density at radius 1 is 1.40 bits per heavy atom. The smallest absolute Gasteiger partial charge is 0.206 e. The van der Waals surface area contributed by atoms with Gasteiger partial charge in [0, 0.05) is 11.8 Å². The van der Waals surface area contributed by atoms with Crippen LogP contribution in [0.1, 0.15) is 20.2 Å². The van der Waals surface area contributed by atoms with Gasteiger partial charge in [0.25, 0.3) is 0 Å². The van der Waals surface area contributed by atoms with Gasteiger partial charge in [-0.25, -0.2) is 4.98 Å². The van der Waals surface area contributed by atoms with Gasteiger partial charge in [0.05, 0.1) is 17.5 Å². The van der Waals surface area contributed by atoms with Gasteiger partial charge in [0.1, 0.15) is 0 Å². The zero-order valence-electron chi connectivity index (χ0n) is 7.58. The van der Waals surface area contributed by atoms with Crippen molar-refractivity contribution in [2.45, 2.75) is 6.92 Å². The summed E-state index contributed by atoms with van der Waals surface area (Å²) < 4.78 is 1.80. The molecule has 6 heteroatoms. The van der Waals surface area contributed by atoms with E-state index in [1.807, 2.05) is 13.0 Å². The summed E-state index contributed by atoms with van der Waals surface area (Å²) in [5.41, 5.74) is 0.690. The van der Waals surface area contributed by atoms with Crippen molar-refractivity contribution >= 4 is 60.3 Å². The first-order valence-corrected chi connectivity index (χ1v) is 7.22. The van der Waals surface area contributed by atoms with Crippen molar-refractivity contribution in [3.63, 3.8) is 0 Å². The Bertz CT molecular complexity index is 518. The summed E-state index contributed by atoms with van der Waals surface area (Å²) in [5.74, 6) is 0.0226. The molecule has 15 heavy (non-hydrogen) atoms. The van der Waals surface area contributed by atoms with E-state index in [1.54, 1.807) is 6.20 Å². The van der Waals surface area contributed by atoms with E-state index in [0.29, 0.717) is 10.4 Å². The third-order valence-corrected chi connectivity index (χ3v) is 5.00. The van der Waals surface area contributed by atoms with Crippen LogP contribution in [0, 0.1) is 6.92 Å². The highest BCUT2D eigenvalue weighted by Crippen LogP contribution is 2.33. The molecule has 0 aliphatic rings. The molecule has 0 amide bonds. The lowest BCUT2D eigenvalue weighted by atomic mass is 10.2. The molecule has 2 rings (SSSR count). The standard InChI is InChI=1S/C9H5Br2NOS2/c1-4-12-3-6(14-4)8(13)5-2-7(10)15-9(5)11/h2-3H,1H3. The number of aryl methyl sites for hydroxylation is 1. The summed E-state index contributed by atoms with van der Waals surface area (Å²) in [6, 6.07) is 1.83. The zero-order chi connectivity index (χ0) is 11.0. The third kappa shape index (κ3) is 2.38. The summed E-state index contributed by atoms with van der Waals surface area (Å²) >= 11 is 9.64. The van der Waals surface area contributed by atoms with Crippen LogP contribution in [-0.4, -0.2) is 10.8 Å². The second-order valence-electron chi connectivity index (χ2n) is 2.81. The SMILES string of the molecule is Cc1ncc(C(=O)c2cc(Br)sc2Br)s1. The highest BCUT2D eigenvalue weighted by molar-refractivity contribution is 9.12. The third-order valence-electron chi connectivity index (χ3n) is 1.75. The Kier molecular flexibility index (Phi) is 3.39. The quantitative estimate of drug-likeness (QED) is 0.743. The van der Waals surface area contributed by atoms with Crippen molar-refractivity contribution in [1.82, 2.24) is 4.98 Å². The molecule has 2 heterocycles. The van der Waals surface area contributed by atoms with Gasteiger partial charge in [-0.2, -0.15) is 0 Å². The summed E-state index contributed by atoms with van der Waals surface area (Å²) in [6.45, 7) is 1.89. The largest absolute Gasteiger partial charge is 0.288 e. The predicted octanol–water partition coefficient (Wildman–Crippen LogP) is 4.27. The van der Waals surface area contributed by atoms with Crippen LogP contribution in [-0.2, 0) is 0 Å². The van der Waals surface area contributed by atoms with Crippen LogP contribution >= 0.6 is 54.5 Å². The van der Waals surface area contributed by atoms with Crippen molar-refractivity contribution in [3.05, 3.63) is 35.3 Å². The molecule has 0 aliphatic heterocycles. The Labute approximate surface area is 112 Å². The second-order valence-corrected chi connectivity index (χ2v) is 7.79. The fraction of sp³-hybridized carbons (Fsp3) is 0.111. The van der Waals surface area contributed by atoms with E-state index in [0.717, 1.165) is 12.6 Å². The van der Waals surface area contributed by atoms with Gasteiger partial charge in [-0.1, -0.05) is 0 Å². The minimum Gasteiger partial charge on any atom is -0.288 e. The Morgan fingerprint density at radius 3 is 2.60 bits per heavy atom.